The highest BCUT2D eigenvalue weighted by Crippen LogP contribution is 2.28. The molecule has 1 saturated heterocycles. The Bertz CT molecular complexity index is 919. The zero-order valence-electron chi connectivity index (χ0n) is 17.0. The minimum Gasteiger partial charge on any atom is -0.391 e. The van der Waals surface area contributed by atoms with E-state index in [0.717, 1.165) is 29.8 Å². The van der Waals surface area contributed by atoms with Gasteiger partial charge in [0.05, 0.1) is 23.5 Å². The summed E-state index contributed by atoms with van der Waals surface area (Å²) in [5, 5.41) is 11.9. The van der Waals surface area contributed by atoms with E-state index < -0.39 is 0 Å². The summed E-state index contributed by atoms with van der Waals surface area (Å²) in [6, 6.07) is 14.8. The lowest BCUT2D eigenvalue weighted by atomic mass is 9.86. The average molecular weight is 389 g/mol. The number of benzene rings is 1. The standard InChI is InChI=1S/C24H28N4O/c1-17-8-6-12-25-23(17)21-14-20(28-29-16-19-10-4-3-5-11-19)15-22(27-21)24-18(2)9-7-13-26-24/h3-13,21-23,25,27H,14-16H2,1-2H3/t21-,22-,23?/m1/s1. The van der Waals surface area contributed by atoms with E-state index in [2.05, 4.69) is 58.9 Å². The minimum atomic E-state index is 0.120. The highest BCUT2D eigenvalue weighted by Gasteiger charge is 2.33. The molecule has 2 aromatic rings. The molecule has 2 N–H and O–H groups in total. The van der Waals surface area contributed by atoms with Crippen LogP contribution in [0.25, 0.3) is 0 Å². The van der Waals surface area contributed by atoms with Crippen LogP contribution in [0.4, 0.5) is 0 Å². The second kappa shape index (κ2) is 9.05. The summed E-state index contributed by atoms with van der Waals surface area (Å²) >= 11 is 0. The van der Waals surface area contributed by atoms with Gasteiger partial charge in [0.15, 0.2) is 0 Å². The van der Waals surface area contributed by atoms with Gasteiger partial charge in [-0.15, -0.1) is 0 Å². The van der Waals surface area contributed by atoms with Crippen LogP contribution in [-0.4, -0.2) is 22.8 Å². The van der Waals surface area contributed by atoms with Crippen LogP contribution in [0.3, 0.4) is 0 Å². The molecule has 0 spiro atoms. The zero-order valence-corrected chi connectivity index (χ0v) is 17.0. The van der Waals surface area contributed by atoms with Gasteiger partial charge in [-0.2, -0.15) is 0 Å². The number of nitrogens with one attached hydrogen (secondary N) is 2. The summed E-state index contributed by atoms with van der Waals surface area (Å²) in [5.74, 6) is 0. The van der Waals surface area contributed by atoms with Gasteiger partial charge in [0.1, 0.15) is 6.61 Å². The molecule has 1 aromatic heterocycles. The van der Waals surface area contributed by atoms with Gasteiger partial charge in [-0.25, -0.2) is 0 Å². The molecule has 1 unspecified atom stereocenters. The normalized spacial score (nSPS) is 25.4. The third-order valence-corrected chi connectivity index (χ3v) is 5.58. The molecule has 0 aliphatic carbocycles. The Kier molecular flexibility index (Phi) is 6.06. The molecule has 4 rings (SSSR count). The third-order valence-electron chi connectivity index (χ3n) is 5.58. The fraction of sp³-hybridized carbons (Fsp3) is 0.333. The summed E-state index contributed by atoms with van der Waals surface area (Å²) in [5.41, 5.74) is 5.79. The predicted molar refractivity (Wildman–Crippen MR) is 116 cm³/mol. The Morgan fingerprint density at radius 2 is 1.97 bits per heavy atom. The molecule has 0 saturated carbocycles. The second-order valence-electron chi connectivity index (χ2n) is 7.77. The molecule has 0 radical (unpaired) electrons. The molecular weight excluding hydrogens is 360 g/mol. The van der Waals surface area contributed by atoms with Gasteiger partial charge in [-0.05, 0) is 48.9 Å². The van der Waals surface area contributed by atoms with Crippen molar-refractivity contribution >= 4 is 5.71 Å². The van der Waals surface area contributed by atoms with Gasteiger partial charge in [-0.3, -0.25) is 4.98 Å². The number of nitrogens with zero attached hydrogens (tertiary/aromatic N) is 2. The molecule has 2 aliphatic heterocycles. The molecule has 1 fully saturated rings. The third kappa shape index (κ3) is 4.74. The van der Waals surface area contributed by atoms with Crippen molar-refractivity contribution in [2.24, 2.45) is 5.16 Å². The van der Waals surface area contributed by atoms with Crippen LogP contribution >= 0.6 is 0 Å². The summed E-state index contributed by atoms with van der Waals surface area (Å²) < 4.78 is 0. The number of allylic oxidation sites excluding steroid dienone is 2. The van der Waals surface area contributed by atoms with Crippen molar-refractivity contribution in [1.29, 1.82) is 0 Å². The highest BCUT2D eigenvalue weighted by molar-refractivity contribution is 5.86. The zero-order chi connectivity index (χ0) is 20.1. The minimum absolute atomic E-state index is 0.120. The van der Waals surface area contributed by atoms with Crippen molar-refractivity contribution < 1.29 is 4.84 Å². The largest absolute Gasteiger partial charge is 0.391 e. The van der Waals surface area contributed by atoms with E-state index in [4.69, 9.17) is 4.84 Å². The topological polar surface area (TPSA) is 58.5 Å². The van der Waals surface area contributed by atoms with Crippen molar-refractivity contribution in [2.75, 3.05) is 0 Å². The van der Waals surface area contributed by atoms with Crippen molar-refractivity contribution in [3.05, 3.63) is 89.4 Å². The van der Waals surface area contributed by atoms with Crippen molar-refractivity contribution in [3.8, 4) is 0 Å². The van der Waals surface area contributed by atoms with E-state index >= 15 is 0 Å². The van der Waals surface area contributed by atoms with Crippen molar-refractivity contribution in [1.82, 2.24) is 15.6 Å². The van der Waals surface area contributed by atoms with Crippen LogP contribution in [0.2, 0.25) is 0 Å². The Morgan fingerprint density at radius 1 is 1.10 bits per heavy atom. The Labute approximate surface area is 172 Å². The van der Waals surface area contributed by atoms with Crippen molar-refractivity contribution in [3.63, 3.8) is 0 Å². The van der Waals surface area contributed by atoms with E-state index in [1.165, 1.54) is 11.1 Å². The number of piperidine rings is 1. The van der Waals surface area contributed by atoms with E-state index in [9.17, 15) is 0 Å². The molecule has 150 valence electrons. The Hall–Kier alpha value is -2.92. The molecule has 2 aliphatic rings. The second-order valence-corrected chi connectivity index (χ2v) is 7.77. The molecule has 0 bridgehead atoms. The lowest BCUT2D eigenvalue weighted by Crippen LogP contribution is -2.53. The Morgan fingerprint density at radius 3 is 2.76 bits per heavy atom. The molecule has 3 heterocycles. The van der Waals surface area contributed by atoms with Crippen LogP contribution in [0.5, 0.6) is 0 Å². The fourth-order valence-corrected chi connectivity index (χ4v) is 4.08. The number of aromatic nitrogens is 1. The van der Waals surface area contributed by atoms with Crippen LogP contribution in [0.1, 0.15) is 42.6 Å². The number of rotatable bonds is 5. The number of hydrogen-bond donors (Lipinski definition) is 2. The first kappa shape index (κ1) is 19.4. The maximum atomic E-state index is 5.73. The number of oxime groups is 1. The number of aryl methyl sites for hydroxylation is 1. The SMILES string of the molecule is CC1=CC=CNC1[C@H]1CC(=NOCc2ccccc2)C[C@H](c2ncccc2C)N1. The lowest BCUT2D eigenvalue weighted by Gasteiger charge is -2.38. The fourth-order valence-electron chi connectivity index (χ4n) is 4.08. The first-order valence-corrected chi connectivity index (χ1v) is 10.2. The van der Waals surface area contributed by atoms with Gasteiger partial charge in [-0.1, -0.05) is 47.6 Å². The molecule has 3 atom stereocenters. The summed E-state index contributed by atoms with van der Waals surface area (Å²) in [4.78, 5) is 10.4. The first-order chi connectivity index (χ1) is 14.2. The molecule has 0 amide bonds. The van der Waals surface area contributed by atoms with E-state index in [1.807, 2.05) is 42.7 Å². The molecular formula is C24H28N4O. The molecule has 1 aromatic carbocycles. The average Bonchev–Trinajstić information content (AvgIpc) is 2.75. The first-order valence-electron chi connectivity index (χ1n) is 10.2. The van der Waals surface area contributed by atoms with E-state index in [1.54, 1.807) is 0 Å². The summed E-state index contributed by atoms with van der Waals surface area (Å²) in [6.07, 6.45) is 9.73. The Balaban J connectivity index is 1.54. The van der Waals surface area contributed by atoms with Crippen LogP contribution in [0.15, 0.2) is 77.7 Å². The number of dihydropyridines is 1. The number of pyridine rings is 1. The van der Waals surface area contributed by atoms with Crippen LogP contribution in [0, 0.1) is 6.92 Å². The monoisotopic (exact) mass is 388 g/mol. The molecule has 5 heteroatoms. The van der Waals surface area contributed by atoms with Crippen molar-refractivity contribution in [2.45, 2.75) is 51.4 Å². The van der Waals surface area contributed by atoms with Gasteiger partial charge in [0, 0.05) is 25.1 Å². The van der Waals surface area contributed by atoms with Crippen LogP contribution < -0.4 is 10.6 Å². The number of hydrogen-bond acceptors (Lipinski definition) is 5. The van der Waals surface area contributed by atoms with Gasteiger partial charge >= 0.3 is 0 Å². The maximum absolute atomic E-state index is 5.73. The quantitative estimate of drug-likeness (QED) is 0.754. The lowest BCUT2D eigenvalue weighted by molar-refractivity contribution is 0.127. The smallest absolute Gasteiger partial charge is 0.142 e. The van der Waals surface area contributed by atoms with E-state index in [-0.39, 0.29) is 18.1 Å². The highest BCUT2D eigenvalue weighted by atomic mass is 16.6. The van der Waals surface area contributed by atoms with Gasteiger partial charge in [0.25, 0.3) is 0 Å². The summed E-state index contributed by atoms with van der Waals surface area (Å²) in [6.45, 7) is 4.77. The molecule has 29 heavy (non-hydrogen) atoms. The van der Waals surface area contributed by atoms with E-state index in [0.29, 0.717) is 6.61 Å². The molecule has 5 nitrogen and oxygen atoms in total. The van der Waals surface area contributed by atoms with Gasteiger partial charge in [0.2, 0.25) is 0 Å². The van der Waals surface area contributed by atoms with Gasteiger partial charge < -0.3 is 15.5 Å². The summed E-state index contributed by atoms with van der Waals surface area (Å²) in [7, 11) is 0. The predicted octanol–water partition coefficient (Wildman–Crippen LogP) is 4.19. The maximum Gasteiger partial charge on any atom is 0.142 e. The van der Waals surface area contributed by atoms with Crippen LogP contribution in [-0.2, 0) is 11.4 Å².